The third kappa shape index (κ3) is 4.85. The predicted octanol–water partition coefficient (Wildman–Crippen LogP) is 0.741. The molecule has 0 bridgehead atoms. The van der Waals surface area contributed by atoms with Gasteiger partial charge in [-0.2, -0.15) is 0 Å². The zero-order chi connectivity index (χ0) is 16.7. The molecule has 0 spiro atoms. The van der Waals surface area contributed by atoms with Crippen molar-refractivity contribution in [3.05, 3.63) is 24.3 Å². The second-order valence-electron chi connectivity index (χ2n) is 5.42. The number of methoxy groups -OCH3 is 1. The van der Waals surface area contributed by atoms with Gasteiger partial charge in [-0.25, -0.2) is 0 Å². The van der Waals surface area contributed by atoms with Crippen LogP contribution in [-0.2, 0) is 9.53 Å². The first kappa shape index (κ1) is 17.1. The summed E-state index contributed by atoms with van der Waals surface area (Å²) in [6.07, 6.45) is 0.723. The highest BCUT2D eigenvalue weighted by atomic mass is 16.5. The SMILES string of the molecule is COCC(C)NC(N)=NCCCN1C(=O)COc2ccccc21. The lowest BCUT2D eigenvalue weighted by Crippen LogP contribution is -2.41. The monoisotopic (exact) mass is 320 g/mol. The van der Waals surface area contributed by atoms with Crippen molar-refractivity contribution in [2.75, 3.05) is 38.3 Å². The number of nitrogens with zero attached hydrogens (tertiary/aromatic N) is 2. The van der Waals surface area contributed by atoms with Crippen molar-refractivity contribution in [3.8, 4) is 5.75 Å². The van der Waals surface area contributed by atoms with Crippen LogP contribution in [0.3, 0.4) is 0 Å². The molecule has 0 aromatic heterocycles. The topological polar surface area (TPSA) is 89.2 Å². The van der Waals surface area contributed by atoms with Crippen LogP contribution < -0.4 is 20.7 Å². The minimum Gasteiger partial charge on any atom is -0.482 e. The molecule has 1 aromatic rings. The van der Waals surface area contributed by atoms with Gasteiger partial charge in [0.1, 0.15) is 5.75 Å². The Hall–Kier alpha value is -2.28. The normalized spacial score (nSPS) is 15.8. The molecule has 0 fully saturated rings. The van der Waals surface area contributed by atoms with Gasteiger partial charge >= 0.3 is 0 Å². The molecule has 0 saturated carbocycles. The van der Waals surface area contributed by atoms with Crippen LogP contribution in [-0.4, -0.2) is 51.3 Å². The van der Waals surface area contributed by atoms with Gasteiger partial charge in [0.05, 0.1) is 12.3 Å². The van der Waals surface area contributed by atoms with Gasteiger partial charge in [0.2, 0.25) is 0 Å². The van der Waals surface area contributed by atoms with E-state index in [1.165, 1.54) is 0 Å². The first-order valence-corrected chi connectivity index (χ1v) is 7.69. The van der Waals surface area contributed by atoms with E-state index in [2.05, 4.69) is 10.3 Å². The zero-order valence-corrected chi connectivity index (χ0v) is 13.6. The van der Waals surface area contributed by atoms with Crippen LogP contribution in [0.5, 0.6) is 5.75 Å². The Kier molecular flexibility index (Phi) is 6.22. The Morgan fingerprint density at radius 1 is 1.52 bits per heavy atom. The van der Waals surface area contributed by atoms with Crippen LogP contribution in [0.1, 0.15) is 13.3 Å². The van der Waals surface area contributed by atoms with Gasteiger partial charge in [0, 0.05) is 26.2 Å². The van der Waals surface area contributed by atoms with Crippen LogP contribution in [0.25, 0.3) is 0 Å². The predicted molar refractivity (Wildman–Crippen MR) is 89.9 cm³/mol. The molecule has 7 heteroatoms. The van der Waals surface area contributed by atoms with Gasteiger partial charge in [-0.05, 0) is 25.5 Å². The number of nitrogens with two attached hydrogens (primary N) is 1. The number of carbonyl (C=O) groups excluding carboxylic acids is 1. The number of benzene rings is 1. The van der Waals surface area contributed by atoms with E-state index in [1.807, 2.05) is 31.2 Å². The maximum absolute atomic E-state index is 12.0. The van der Waals surface area contributed by atoms with Crippen LogP contribution in [0.15, 0.2) is 29.3 Å². The highest BCUT2D eigenvalue weighted by Crippen LogP contribution is 2.31. The number of carbonyl (C=O) groups is 1. The van der Waals surface area contributed by atoms with Gasteiger partial charge in [-0.15, -0.1) is 0 Å². The summed E-state index contributed by atoms with van der Waals surface area (Å²) in [7, 11) is 1.64. The molecule has 0 radical (unpaired) electrons. The van der Waals surface area contributed by atoms with Crippen molar-refractivity contribution in [2.45, 2.75) is 19.4 Å². The van der Waals surface area contributed by atoms with Crippen molar-refractivity contribution < 1.29 is 14.3 Å². The molecule has 1 aromatic carbocycles. The number of anilines is 1. The Balaban J connectivity index is 1.83. The maximum atomic E-state index is 12.0. The summed E-state index contributed by atoms with van der Waals surface area (Å²) >= 11 is 0. The summed E-state index contributed by atoms with van der Waals surface area (Å²) in [4.78, 5) is 18.0. The average molecular weight is 320 g/mol. The molecule has 1 aliphatic heterocycles. The van der Waals surface area contributed by atoms with Crippen LogP contribution in [0.4, 0.5) is 5.69 Å². The molecule has 1 aliphatic rings. The van der Waals surface area contributed by atoms with E-state index in [0.717, 1.165) is 17.9 Å². The van der Waals surface area contributed by atoms with Crippen molar-refractivity contribution in [2.24, 2.45) is 10.7 Å². The van der Waals surface area contributed by atoms with Crippen molar-refractivity contribution in [1.82, 2.24) is 5.32 Å². The van der Waals surface area contributed by atoms with Crippen LogP contribution >= 0.6 is 0 Å². The van der Waals surface area contributed by atoms with Gasteiger partial charge in [0.15, 0.2) is 12.6 Å². The molecule has 0 saturated heterocycles. The minimum atomic E-state index is -0.0347. The number of rotatable bonds is 7. The zero-order valence-electron chi connectivity index (χ0n) is 13.6. The summed E-state index contributed by atoms with van der Waals surface area (Å²) in [5.41, 5.74) is 6.62. The summed E-state index contributed by atoms with van der Waals surface area (Å²) in [5.74, 6) is 1.10. The number of hydrogen-bond donors (Lipinski definition) is 2. The second-order valence-corrected chi connectivity index (χ2v) is 5.42. The Morgan fingerprint density at radius 3 is 3.09 bits per heavy atom. The molecule has 0 aliphatic carbocycles. The standard InChI is InChI=1S/C16H24N4O3/c1-12(10-22-2)19-16(17)18-8-5-9-20-13-6-3-4-7-14(13)23-11-15(20)21/h3-4,6-7,12H,5,8-11H2,1-2H3,(H3,17,18,19). The molecule has 23 heavy (non-hydrogen) atoms. The molecule has 1 unspecified atom stereocenters. The number of aliphatic imine (C=N–C) groups is 1. The number of para-hydroxylation sites is 2. The molecular weight excluding hydrogens is 296 g/mol. The Morgan fingerprint density at radius 2 is 2.30 bits per heavy atom. The van der Waals surface area contributed by atoms with Gasteiger partial charge in [-0.3, -0.25) is 9.79 Å². The van der Waals surface area contributed by atoms with E-state index < -0.39 is 0 Å². The van der Waals surface area contributed by atoms with Crippen LogP contribution in [0, 0.1) is 0 Å². The molecular formula is C16H24N4O3. The number of amides is 1. The second kappa shape index (κ2) is 8.38. The van der Waals surface area contributed by atoms with E-state index in [-0.39, 0.29) is 18.6 Å². The van der Waals surface area contributed by atoms with Crippen molar-refractivity contribution >= 4 is 17.6 Å². The lowest BCUT2D eigenvalue weighted by Gasteiger charge is -2.29. The smallest absolute Gasteiger partial charge is 0.265 e. The quantitative estimate of drug-likeness (QED) is 0.439. The Bertz CT molecular complexity index is 562. The molecule has 1 amide bonds. The maximum Gasteiger partial charge on any atom is 0.265 e. The number of fused-ring (bicyclic) bond motifs is 1. The van der Waals surface area contributed by atoms with E-state index in [9.17, 15) is 4.79 Å². The summed E-state index contributed by atoms with van der Waals surface area (Å²) < 4.78 is 10.4. The van der Waals surface area contributed by atoms with E-state index >= 15 is 0 Å². The summed E-state index contributed by atoms with van der Waals surface area (Å²) in [6, 6.07) is 7.65. The Labute approximate surface area is 136 Å². The first-order chi connectivity index (χ1) is 11.1. The van der Waals surface area contributed by atoms with Gasteiger partial charge in [0.25, 0.3) is 5.91 Å². The number of guanidine groups is 1. The number of nitrogens with one attached hydrogen (secondary N) is 1. The number of ether oxygens (including phenoxy) is 2. The lowest BCUT2D eigenvalue weighted by molar-refractivity contribution is -0.121. The van der Waals surface area contributed by atoms with E-state index in [4.69, 9.17) is 15.2 Å². The molecule has 1 heterocycles. The minimum absolute atomic E-state index is 0.0347. The lowest BCUT2D eigenvalue weighted by atomic mass is 10.2. The van der Waals surface area contributed by atoms with Crippen LogP contribution in [0.2, 0.25) is 0 Å². The molecule has 3 N–H and O–H groups in total. The fourth-order valence-electron chi connectivity index (χ4n) is 2.42. The van der Waals surface area contributed by atoms with Gasteiger partial charge < -0.3 is 25.4 Å². The molecule has 1 atom stereocenters. The van der Waals surface area contributed by atoms with Crippen molar-refractivity contribution in [1.29, 1.82) is 0 Å². The van der Waals surface area contributed by atoms with Crippen molar-refractivity contribution in [3.63, 3.8) is 0 Å². The fourth-order valence-corrected chi connectivity index (χ4v) is 2.42. The summed E-state index contributed by atoms with van der Waals surface area (Å²) in [5, 5.41) is 3.05. The first-order valence-electron chi connectivity index (χ1n) is 7.69. The highest BCUT2D eigenvalue weighted by Gasteiger charge is 2.24. The largest absolute Gasteiger partial charge is 0.482 e. The molecule has 2 rings (SSSR count). The average Bonchev–Trinajstić information content (AvgIpc) is 2.53. The molecule has 7 nitrogen and oxygen atoms in total. The highest BCUT2D eigenvalue weighted by molar-refractivity contribution is 5.97. The van der Waals surface area contributed by atoms with E-state index in [1.54, 1.807) is 12.0 Å². The van der Waals surface area contributed by atoms with E-state index in [0.29, 0.717) is 25.7 Å². The van der Waals surface area contributed by atoms with Gasteiger partial charge in [-0.1, -0.05) is 12.1 Å². The fraction of sp³-hybridized carbons (Fsp3) is 0.500. The molecule has 126 valence electrons. The third-order valence-corrected chi connectivity index (χ3v) is 3.44. The summed E-state index contributed by atoms with van der Waals surface area (Å²) in [6.45, 7) is 3.75. The third-order valence-electron chi connectivity index (χ3n) is 3.44. The number of hydrogen-bond acceptors (Lipinski definition) is 4.